The lowest BCUT2D eigenvalue weighted by Gasteiger charge is -2.38. The van der Waals surface area contributed by atoms with Crippen LogP contribution in [0.15, 0.2) is 73.1 Å². The molecule has 7 nitrogen and oxygen atoms in total. The van der Waals surface area contributed by atoms with Crippen LogP contribution in [0.2, 0.25) is 0 Å². The highest BCUT2D eigenvalue weighted by atomic mass is 16.7. The van der Waals surface area contributed by atoms with Crippen molar-refractivity contribution >= 4 is 11.6 Å². The molecule has 2 aliphatic heterocycles. The van der Waals surface area contributed by atoms with Gasteiger partial charge in [-0.1, -0.05) is 55.7 Å². The van der Waals surface area contributed by atoms with Crippen molar-refractivity contribution in [2.24, 2.45) is 0 Å². The van der Waals surface area contributed by atoms with E-state index >= 15 is 0 Å². The molecule has 1 aromatic heterocycles. The zero-order valence-electron chi connectivity index (χ0n) is 21.8. The molecular formula is C31H37N3O4. The van der Waals surface area contributed by atoms with Crippen molar-refractivity contribution in [3.63, 3.8) is 0 Å². The van der Waals surface area contributed by atoms with Gasteiger partial charge in [0.05, 0.1) is 24.4 Å². The van der Waals surface area contributed by atoms with Crippen LogP contribution in [-0.4, -0.2) is 46.6 Å². The van der Waals surface area contributed by atoms with Crippen molar-refractivity contribution in [3.05, 3.63) is 95.3 Å². The molecule has 2 saturated heterocycles. The number of ether oxygens (including phenoxy) is 2. The molecular weight excluding hydrogens is 478 g/mol. The molecule has 2 N–H and O–H groups in total. The summed E-state index contributed by atoms with van der Waals surface area (Å²) in [6.45, 7) is 3.16. The highest BCUT2D eigenvalue weighted by Crippen LogP contribution is 2.38. The number of nitrogens with one attached hydrogen (secondary N) is 1. The highest BCUT2D eigenvalue weighted by molar-refractivity contribution is 6.03. The van der Waals surface area contributed by atoms with Crippen LogP contribution in [0.25, 0.3) is 0 Å². The summed E-state index contributed by atoms with van der Waals surface area (Å²) in [4.78, 5) is 19.1. The van der Waals surface area contributed by atoms with Crippen LogP contribution in [0, 0.1) is 0 Å². The van der Waals surface area contributed by atoms with Gasteiger partial charge in [0.2, 0.25) is 0 Å². The van der Waals surface area contributed by atoms with Gasteiger partial charge in [-0.3, -0.25) is 9.78 Å². The normalized spacial score (nSPS) is 22.8. The van der Waals surface area contributed by atoms with E-state index < -0.39 is 6.29 Å². The van der Waals surface area contributed by atoms with Crippen molar-refractivity contribution < 1.29 is 19.4 Å². The van der Waals surface area contributed by atoms with E-state index in [1.54, 1.807) is 24.5 Å². The van der Waals surface area contributed by atoms with Crippen molar-refractivity contribution in [1.82, 2.24) is 9.88 Å². The lowest BCUT2D eigenvalue weighted by molar-refractivity contribution is -0.253. The van der Waals surface area contributed by atoms with E-state index in [2.05, 4.69) is 15.2 Å². The summed E-state index contributed by atoms with van der Waals surface area (Å²) in [5.41, 5.74) is 4.11. The Kier molecular flexibility index (Phi) is 9.15. The Hall–Kier alpha value is -3.10. The minimum Gasteiger partial charge on any atom is -0.392 e. The average molecular weight is 516 g/mol. The van der Waals surface area contributed by atoms with E-state index in [4.69, 9.17) is 9.47 Å². The first-order chi connectivity index (χ1) is 18.7. The fourth-order valence-corrected chi connectivity index (χ4v) is 5.24. The Morgan fingerprint density at radius 1 is 0.921 bits per heavy atom. The van der Waals surface area contributed by atoms with Gasteiger partial charge < -0.3 is 24.8 Å². The molecule has 2 aliphatic rings. The first kappa shape index (κ1) is 26.5. The SMILES string of the molecule is O=C(Nc1ccc([C@H]2O[C@@H](CN3CCCCCCC3)C[C@@H](c3ccc(CO)cc3)O2)cc1)c1cccnc1. The third kappa shape index (κ3) is 7.05. The lowest BCUT2D eigenvalue weighted by atomic mass is 9.99. The molecule has 200 valence electrons. The topological polar surface area (TPSA) is 83.9 Å². The smallest absolute Gasteiger partial charge is 0.257 e. The van der Waals surface area contributed by atoms with E-state index in [0.717, 1.165) is 42.7 Å². The molecule has 2 aromatic carbocycles. The third-order valence-corrected chi connectivity index (χ3v) is 7.39. The number of likely N-dealkylation sites (tertiary alicyclic amines) is 1. The van der Waals surface area contributed by atoms with Gasteiger partial charge in [0.15, 0.2) is 6.29 Å². The van der Waals surface area contributed by atoms with E-state index in [9.17, 15) is 9.90 Å². The molecule has 5 rings (SSSR count). The average Bonchev–Trinajstić information content (AvgIpc) is 2.95. The third-order valence-electron chi connectivity index (χ3n) is 7.39. The van der Waals surface area contributed by atoms with Crippen LogP contribution in [0.1, 0.15) is 78.0 Å². The number of carbonyl (C=O) groups is 1. The number of aliphatic hydroxyl groups excluding tert-OH is 1. The first-order valence-electron chi connectivity index (χ1n) is 13.7. The summed E-state index contributed by atoms with van der Waals surface area (Å²) in [5, 5.41) is 12.4. The minimum atomic E-state index is -0.505. The maximum atomic E-state index is 12.5. The van der Waals surface area contributed by atoms with Gasteiger partial charge in [0.25, 0.3) is 5.91 Å². The number of hydrogen-bond acceptors (Lipinski definition) is 6. The number of aromatic nitrogens is 1. The number of hydrogen-bond donors (Lipinski definition) is 2. The molecule has 0 unspecified atom stereocenters. The Bertz CT molecular complexity index is 1150. The van der Waals surface area contributed by atoms with E-state index in [1.807, 2.05) is 48.5 Å². The summed E-state index contributed by atoms with van der Waals surface area (Å²) < 4.78 is 13.0. The Labute approximate surface area is 224 Å². The van der Waals surface area contributed by atoms with E-state index in [0.29, 0.717) is 11.3 Å². The Morgan fingerprint density at radius 3 is 2.32 bits per heavy atom. The van der Waals surface area contributed by atoms with Crippen molar-refractivity contribution in [1.29, 1.82) is 0 Å². The van der Waals surface area contributed by atoms with Crippen LogP contribution >= 0.6 is 0 Å². The first-order valence-corrected chi connectivity index (χ1v) is 13.7. The van der Waals surface area contributed by atoms with Crippen LogP contribution in [0.4, 0.5) is 5.69 Å². The highest BCUT2D eigenvalue weighted by Gasteiger charge is 2.33. The number of anilines is 1. The summed E-state index contributed by atoms with van der Waals surface area (Å²) in [5.74, 6) is -0.198. The number of nitrogens with zero attached hydrogens (tertiary/aromatic N) is 2. The maximum absolute atomic E-state index is 12.5. The van der Waals surface area contributed by atoms with Crippen LogP contribution in [0.3, 0.4) is 0 Å². The predicted molar refractivity (Wildman–Crippen MR) is 147 cm³/mol. The largest absolute Gasteiger partial charge is 0.392 e. The van der Waals surface area contributed by atoms with Gasteiger partial charge in [-0.05, 0) is 61.3 Å². The van der Waals surface area contributed by atoms with Crippen LogP contribution in [-0.2, 0) is 16.1 Å². The number of rotatable bonds is 7. The number of aliphatic hydroxyl groups is 1. The van der Waals surface area contributed by atoms with Gasteiger partial charge in [-0.2, -0.15) is 0 Å². The molecule has 0 spiro atoms. The molecule has 7 heteroatoms. The van der Waals surface area contributed by atoms with Crippen LogP contribution in [0.5, 0.6) is 0 Å². The van der Waals surface area contributed by atoms with Gasteiger partial charge in [-0.15, -0.1) is 0 Å². The van der Waals surface area contributed by atoms with E-state index in [1.165, 1.54) is 32.1 Å². The second-order valence-corrected chi connectivity index (χ2v) is 10.2. The van der Waals surface area contributed by atoms with Crippen molar-refractivity contribution in [2.45, 2.75) is 63.6 Å². The Morgan fingerprint density at radius 2 is 1.63 bits per heavy atom. The standard InChI is InChI=1S/C31H37N3O4/c35-22-23-8-10-24(11-9-23)29-19-28(21-34-17-4-2-1-3-5-18-34)37-31(38-29)25-12-14-27(15-13-25)33-30(36)26-7-6-16-32-20-26/h6-16,20,28-29,31,35H,1-5,17-19,21-22H2,(H,33,36)/t28-,29+,31+/m1/s1. The fraction of sp³-hybridized carbons (Fsp3) is 0.419. The molecule has 3 heterocycles. The fourth-order valence-electron chi connectivity index (χ4n) is 5.24. The quantitative estimate of drug-likeness (QED) is 0.424. The number of pyridine rings is 1. The number of carbonyl (C=O) groups excluding carboxylic acids is 1. The molecule has 0 aliphatic carbocycles. The monoisotopic (exact) mass is 515 g/mol. The van der Waals surface area contributed by atoms with E-state index in [-0.39, 0.29) is 24.7 Å². The summed E-state index contributed by atoms with van der Waals surface area (Å²) in [6.07, 6.45) is 9.84. The molecule has 3 atom stereocenters. The van der Waals surface area contributed by atoms with Gasteiger partial charge >= 0.3 is 0 Å². The second-order valence-electron chi connectivity index (χ2n) is 10.2. The summed E-state index contributed by atoms with van der Waals surface area (Å²) in [6, 6.07) is 19.1. The van der Waals surface area contributed by atoms with Crippen molar-refractivity contribution in [2.75, 3.05) is 25.0 Å². The zero-order chi connectivity index (χ0) is 26.2. The molecule has 0 radical (unpaired) electrons. The molecule has 0 saturated carbocycles. The molecule has 2 fully saturated rings. The van der Waals surface area contributed by atoms with Crippen LogP contribution < -0.4 is 5.32 Å². The lowest BCUT2D eigenvalue weighted by Crippen LogP contribution is -2.40. The second kappa shape index (κ2) is 13.1. The Balaban J connectivity index is 1.30. The molecule has 38 heavy (non-hydrogen) atoms. The molecule has 0 bridgehead atoms. The summed E-state index contributed by atoms with van der Waals surface area (Å²) >= 11 is 0. The number of amides is 1. The minimum absolute atomic E-state index is 0.0266. The van der Waals surface area contributed by atoms with Crippen molar-refractivity contribution in [3.8, 4) is 0 Å². The zero-order valence-corrected chi connectivity index (χ0v) is 21.8. The molecule has 1 amide bonds. The van der Waals surface area contributed by atoms with Gasteiger partial charge in [0.1, 0.15) is 0 Å². The maximum Gasteiger partial charge on any atom is 0.257 e. The van der Waals surface area contributed by atoms with Gasteiger partial charge in [-0.25, -0.2) is 0 Å². The summed E-state index contributed by atoms with van der Waals surface area (Å²) in [7, 11) is 0. The predicted octanol–water partition coefficient (Wildman–Crippen LogP) is 5.64. The molecule has 3 aromatic rings. The number of benzene rings is 2. The van der Waals surface area contributed by atoms with Gasteiger partial charge in [0, 0.05) is 36.6 Å².